The van der Waals surface area contributed by atoms with E-state index < -0.39 is 61.2 Å². The smallest absolute Gasteiger partial charge is 0.220 e. The summed E-state index contributed by atoms with van der Waals surface area (Å²) in [5.74, 6) is -0.259. The standard InChI is InChI=1S/C52H98FNO9/c1-2-3-4-5-6-7-8-19-22-25-28-31-34-43(56)46(58)42(38-62-50-49(61)48(60)47(59)44(37-55)63-50)54-45(57)35-32-29-26-23-20-17-15-13-11-9-10-12-14-16-18-21-24-27-30-33-36-51-39-52(53,40-51)41-51/h42-44,46-50,55-56,58-61H,2-41H2,1H3,(H,54,57)/t42-,43+,44?,46-,47?,48?,49?,50?,51?,52?/m0/s1. The third-order valence-electron chi connectivity index (χ3n) is 14.7. The molecule has 63 heavy (non-hydrogen) atoms. The molecule has 0 aromatic carbocycles. The zero-order valence-corrected chi connectivity index (χ0v) is 40.2. The van der Waals surface area contributed by atoms with Crippen LogP contribution >= 0.6 is 0 Å². The number of hydrogen-bond acceptors (Lipinski definition) is 9. The molecule has 4 aliphatic rings. The first kappa shape index (κ1) is 56.4. The van der Waals surface area contributed by atoms with Crippen LogP contribution in [0.1, 0.15) is 251 Å². The van der Waals surface area contributed by atoms with Crippen LogP contribution in [-0.2, 0) is 14.3 Å². The summed E-state index contributed by atoms with van der Waals surface area (Å²) >= 11 is 0. The molecule has 0 aromatic rings. The zero-order valence-electron chi connectivity index (χ0n) is 40.2. The number of amides is 1. The largest absolute Gasteiger partial charge is 0.394 e. The number of carbonyl (C=O) groups is 1. The Hall–Kier alpha value is -0.920. The Morgan fingerprint density at radius 2 is 1.03 bits per heavy atom. The molecule has 0 aromatic heterocycles. The maximum absolute atomic E-state index is 13.6. The predicted molar refractivity (Wildman–Crippen MR) is 251 cm³/mol. The van der Waals surface area contributed by atoms with E-state index in [-0.39, 0.29) is 18.9 Å². The van der Waals surface area contributed by atoms with Crippen molar-refractivity contribution < 1.29 is 49.3 Å². The van der Waals surface area contributed by atoms with Gasteiger partial charge in [-0.3, -0.25) is 4.79 Å². The predicted octanol–water partition coefficient (Wildman–Crippen LogP) is 10.6. The minimum Gasteiger partial charge on any atom is -0.394 e. The van der Waals surface area contributed by atoms with Gasteiger partial charge in [-0.25, -0.2) is 4.39 Å². The minimum atomic E-state index is -1.61. The maximum atomic E-state index is 13.6. The molecule has 1 heterocycles. The van der Waals surface area contributed by atoms with E-state index in [1.54, 1.807) is 0 Å². The van der Waals surface area contributed by atoms with Crippen LogP contribution in [0.2, 0.25) is 0 Å². The Balaban J connectivity index is 1.17. The van der Waals surface area contributed by atoms with Gasteiger partial charge in [0.25, 0.3) is 0 Å². The van der Waals surface area contributed by atoms with Crippen molar-refractivity contribution in [3.63, 3.8) is 0 Å². The lowest BCUT2D eigenvalue weighted by atomic mass is 9.41. The van der Waals surface area contributed by atoms with E-state index in [2.05, 4.69) is 12.2 Å². The van der Waals surface area contributed by atoms with Crippen LogP contribution in [0.25, 0.3) is 0 Å². The highest BCUT2D eigenvalue weighted by Gasteiger charge is 2.68. The number of rotatable bonds is 43. The monoisotopic (exact) mass is 900 g/mol. The molecule has 4 fully saturated rings. The van der Waals surface area contributed by atoms with Crippen LogP contribution in [0.15, 0.2) is 0 Å². The van der Waals surface area contributed by atoms with Crippen LogP contribution in [-0.4, -0.2) is 104 Å². The first-order chi connectivity index (χ1) is 30.5. The Kier molecular flexibility index (Phi) is 30.0. The van der Waals surface area contributed by atoms with Gasteiger partial charge in [-0.2, -0.15) is 0 Å². The van der Waals surface area contributed by atoms with E-state index in [9.17, 15) is 39.8 Å². The molecule has 0 spiro atoms. The van der Waals surface area contributed by atoms with Crippen LogP contribution in [0.4, 0.5) is 4.39 Å². The van der Waals surface area contributed by atoms with Gasteiger partial charge in [-0.1, -0.05) is 206 Å². The second kappa shape index (κ2) is 33.5. The van der Waals surface area contributed by atoms with Gasteiger partial charge in [-0.15, -0.1) is 0 Å². The Labute approximate surface area is 383 Å². The molecule has 2 bridgehead atoms. The molecule has 10 nitrogen and oxygen atoms in total. The normalized spacial score (nSPS) is 26.8. The van der Waals surface area contributed by atoms with E-state index in [1.165, 1.54) is 161 Å². The van der Waals surface area contributed by atoms with Crippen molar-refractivity contribution in [3.8, 4) is 0 Å². The second-order valence-corrected chi connectivity index (χ2v) is 20.7. The number of unbranched alkanes of at least 4 members (excludes halogenated alkanes) is 30. The van der Waals surface area contributed by atoms with Gasteiger partial charge in [0.2, 0.25) is 5.91 Å². The fraction of sp³-hybridized carbons (Fsp3) is 0.981. The first-order valence-electron chi connectivity index (χ1n) is 26.8. The molecule has 0 radical (unpaired) electrons. The summed E-state index contributed by atoms with van der Waals surface area (Å²) < 4.78 is 24.8. The van der Waals surface area contributed by atoms with Crippen LogP contribution in [0.5, 0.6) is 0 Å². The number of hydrogen-bond donors (Lipinski definition) is 7. The van der Waals surface area contributed by atoms with Crippen LogP contribution in [0, 0.1) is 5.41 Å². The summed E-state index contributed by atoms with van der Waals surface area (Å²) in [7, 11) is 0. The van der Waals surface area contributed by atoms with Gasteiger partial charge in [-0.05, 0) is 43.9 Å². The third kappa shape index (κ3) is 23.1. The quantitative estimate of drug-likeness (QED) is 0.0295. The lowest BCUT2D eigenvalue weighted by molar-refractivity contribution is -0.303. The van der Waals surface area contributed by atoms with E-state index in [0.29, 0.717) is 18.3 Å². The third-order valence-corrected chi connectivity index (χ3v) is 14.7. The van der Waals surface area contributed by atoms with Gasteiger partial charge < -0.3 is 45.4 Å². The number of aliphatic hydroxyl groups excluding tert-OH is 6. The number of aliphatic hydroxyl groups is 6. The van der Waals surface area contributed by atoms with Crippen molar-refractivity contribution in [2.45, 2.75) is 306 Å². The lowest BCUT2D eigenvalue weighted by Crippen LogP contribution is -2.64. The first-order valence-corrected chi connectivity index (χ1v) is 26.8. The highest BCUT2D eigenvalue weighted by molar-refractivity contribution is 5.76. The molecule has 372 valence electrons. The van der Waals surface area contributed by atoms with Crippen molar-refractivity contribution in [2.24, 2.45) is 5.41 Å². The van der Waals surface area contributed by atoms with Crippen molar-refractivity contribution in [1.29, 1.82) is 0 Å². The summed E-state index contributed by atoms with van der Waals surface area (Å²) in [6, 6.07) is -0.992. The van der Waals surface area contributed by atoms with Crippen molar-refractivity contribution >= 4 is 5.91 Å². The van der Waals surface area contributed by atoms with Gasteiger partial charge in [0, 0.05) is 6.42 Å². The Morgan fingerprint density at radius 3 is 1.46 bits per heavy atom. The molecule has 5 unspecified atom stereocenters. The summed E-state index contributed by atoms with van der Waals surface area (Å²) in [5.41, 5.74) is -0.293. The van der Waals surface area contributed by atoms with Gasteiger partial charge >= 0.3 is 0 Å². The molecule has 4 rings (SSSR count). The van der Waals surface area contributed by atoms with Crippen molar-refractivity contribution in [2.75, 3.05) is 13.2 Å². The van der Waals surface area contributed by atoms with Crippen LogP contribution in [0.3, 0.4) is 0 Å². The Morgan fingerprint density at radius 1 is 0.619 bits per heavy atom. The topological polar surface area (TPSA) is 169 Å². The summed E-state index contributed by atoms with van der Waals surface area (Å²) in [6.45, 7) is 1.33. The average Bonchev–Trinajstić information content (AvgIpc) is 3.25. The molecule has 1 saturated heterocycles. The Bertz CT molecular complexity index is 1110. The van der Waals surface area contributed by atoms with Gasteiger partial charge in [0.15, 0.2) is 6.29 Å². The number of ether oxygens (including phenoxy) is 2. The van der Waals surface area contributed by atoms with E-state index in [1.807, 2.05) is 0 Å². The van der Waals surface area contributed by atoms with Gasteiger partial charge in [0.1, 0.15) is 36.2 Å². The fourth-order valence-electron chi connectivity index (χ4n) is 10.6. The SMILES string of the molecule is CCCCCCCCCCCCCC[C@@H](O)[C@@H](O)[C@H](COC1OC(CO)C(O)C(O)C1O)NC(=O)CCCCCCCCCCCCCCCCCCCCCCC12CC(F)(C1)C2. The zero-order chi connectivity index (χ0) is 45.6. The van der Waals surface area contributed by atoms with E-state index >= 15 is 0 Å². The molecule has 3 aliphatic carbocycles. The summed E-state index contributed by atoms with van der Waals surface area (Å²) in [4.78, 5) is 13.0. The molecule has 1 amide bonds. The van der Waals surface area contributed by atoms with Gasteiger partial charge in [0.05, 0.1) is 25.4 Å². The second-order valence-electron chi connectivity index (χ2n) is 20.7. The fourth-order valence-corrected chi connectivity index (χ4v) is 10.6. The van der Waals surface area contributed by atoms with E-state index in [4.69, 9.17) is 9.47 Å². The number of carbonyl (C=O) groups excluding carboxylic acids is 1. The van der Waals surface area contributed by atoms with E-state index in [0.717, 1.165) is 64.2 Å². The molecule has 11 heteroatoms. The van der Waals surface area contributed by atoms with Crippen molar-refractivity contribution in [1.82, 2.24) is 5.32 Å². The molecular formula is C52H98FNO9. The molecule has 8 atom stereocenters. The highest BCUT2D eigenvalue weighted by atomic mass is 19.1. The number of halogens is 1. The minimum absolute atomic E-state index is 0.259. The summed E-state index contributed by atoms with van der Waals surface area (Å²) in [5, 5.41) is 65.3. The average molecular weight is 900 g/mol. The lowest BCUT2D eigenvalue weighted by Gasteiger charge is -2.66. The van der Waals surface area contributed by atoms with Crippen LogP contribution < -0.4 is 5.32 Å². The molecular weight excluding hydrogens is 802 g/mol. The molecule has 7 N–H and O–H groups in total. The molecule has 3 saturated carbocycles. The van der Waals surface area contributed by atoms with Crippen molar-refractivity contribution in [3.05, 3.63) is 0 Å². The molecule has 1 aliphatic heterocycles. The highest BCUT2D eigenvalue weighted by Crippen LogP contribution is 2.71. The number of alkyl halides is 1. The maximum Gasteiger partial charge on any atom is 0.220 e. The summed E-state index contributed by atoms with van der Waals surface area (Å²) in [6.07, 6.45) is 34.4. The number of nitrogens with one attached hydrogen (secondary N) is 1.